The molecule has 0 saturated carbocycles. The van der Waals surface area contributed by atoms with Crippen molar-refractivity contribution in [3.05, 3.63) is 48.2 Å². The van der Waals surface area contributed by atoms with E-state index in [1.807, 2.05) is 0 Å². The Kier molecular flexibility index (Phi) is 6.58. The second-order valence-corrected chi connectivity index (χ2v) is 8.38. The Labute approximate surface area is 200 Å². The van der Waals surface area contributed by atoms with Gasteiger partial charge in [-0.1, -0.05) is 6.92 Å². The number of carbonyl (C=O) groups is 1. The van der Waals surface area contributed by atoms with Crippen LogP contribution in [0.15, 0.2) is 31.0 Å². The lowest BCUT2D eigenvalue weighted by molar-refractivity contribution is -0.141. The van der Waals surface area contributed by atoms with Gasteiger partial charge in [0.2, 0.25) is 5.88 Å². The molecule has 1 fully saturated rings. The van der Waals surface area contributed by atoms with Crippen LogP contribution < -0.4 is 4.74 Å². The molecule has 3 aromatic rings. The zero-order valence-electron chi connectivity index (χ0n) is 18.9. The van der Waals surface area contributed by atoms with Crippen molar-refractivity contribution in [3.63, 3.8) is 0 Å². The Morgan fingerprint density at radius 2 is 1.83 bits per heavy atom. The number of alkyl halides is 5. The summed E-state index contributed by atoms with van der Waals surface area (Å²) in [6, 6.07) is -0.898. The van der Waals surface area contributed by atoms with Crippen LogP contribution >= 0.6 is 0 Å². The van der Waals surface area contributed by atoms with Gasteiger partial charge in [0.25, 0.3) is 11.8 Å². The Bertz CT molecular complexity index is 1230. The summed E-state index contributed by atoms with van der Waals surface area (Å²) < 4.78 is 87.1. The Morgan fingerprint density at radius 1 is 1.14 bits per heavy atom. The number of aryl methyl sites for hydroxylation is 1. The molecule has 0 unspecified atom stereocenters. The van der Waals surface area contributed by atoms with Crippen LogP contribution in [-0.2, 0) is 13.2 Å². The Hall–Kier alpha value is -3.78. The zero-order chi connectivity index (χ0) is 26.3. The van der Waals surface area contributed by atoms with E-state index in [-0.39, 0.29) is 29.6 Å². The lowest BCUT2D eigenvalue weighted by Gasteiger charge is -2.42. The summed E-state index contributed by atoms with van der Waals surface area (Å²) in [5.74, 6) is -5.83. The Balaban J connectivity index is 1.60. The van der Waals surface area contributed by atoms with E-state index in [0.29, 0.717) is 6.20 Å². The normalized spacial score (nSPS) is 19.8. The maximum absolute atomic E-state index is 14.5. The van der Waals surface area contributed by atoms with Crippen molar-refractivity contribution in [2.24, 2.45) is 13.0 Å². The predicted octanol–water partition coefficient (Wildman–Crippen LogP) is 3.39. The lowest BCUT2D eigenvalue weighted by Crippen LogP contribution is -2.57. The van der Waals surface area contributed by atoms with Crippen molar-refractivity contribution in [2.75, 3.05) is 13.2 Å². The fourth-order valence-corrected chi connectivity index (χ4v) is 3.93. The smallest absolute Gasteiger partial charge is 0.434 e. The maximum atomic E-state index is 14.5. The molecule has 1 aliphatic rings. The van der Waals surface area contributed by atoms with E-state index in [2.05, 4.69) is 25.0 Å². The monoisotopic (exact) mass is 515 g/mol. The SMILES string of the molecule is C[C@@H]1CC(F)(F)CN(C(=O)c2nn(C)cc2-c2ncc(F)cn2)[C@@H]1COc1cnc(C(F)(F)F)cn1. The van der Waals surface area contributed by atoms with Crippen molar-refractivity contribution in [1.82, 2.24) is 34.6 Å². The van der Waals surface area contributed by atoms with Crippen LogP contribution in [0.25, 0.3) is 11.4 Å². The van der Waals surface area contributed by atoms with Crippen LogP contribution in [0.2, 0.25) is 0 Å². The first-order valence-electron chi connectivity index (χ1n) is 10.6. The van der Waals surface area contributed by atoms with E-state index in [9.17, 15) is 31.1 Å². The number of hydrogen-bond donors (Lipinski definition) is 0. The number of halogens is 6. The fourth-order valence-electron chi connectivity index (χ4n) is 3.93. The second kappa shape index (κ2) is 9.35. The van der Waals surface area contributed by atoms with Gasteiger partial charge in [-0.05, 0) is 5.92 Å². The lowest BCUT2D eigenvalue weighted by atomic mass is 9.88. The second-order valence-electron chi connectivity index (χ2n) is 8.38. The minimum atomic E-state index is -4.69. The average molecular weight is 515 g/mol. The average Bonchev–Trinajstić information content (AvgIpc) is 3.19. The minimum absolute atomic E-state index is 0.0301. The molecule has 4 rings (SSSR count). The molecule has 0 bridgehead atoms. The third kappa shape index (κ3) is 5.39. The van der Waals surface area contributed by atoms with Crippen molar-refractivity contribution in [2.45, 2.75) is 31.5 Å². The number of nitrogens with zero attached hydrogens (tertiary/aromatic N) is 7. The molecule has 0 radical (unpaired) electrons. The molecule has 0 N–H and O–H groups in total. The third-order valence-electron chi connectivity index (χ3n) is 5.55. The number of piperidine rings is 1. The standard InChI is InChI=1S/C21H19F6N7O2/c1-11-3-20(23,24)10-34(14(11)9-36-16-7-28-15(6-29-16)21(25,26)27)19(35)17-13(8-33(2)32-17)18-30-4-12(22)5-31-18/h4-8,11,14H,3,9-10H2,1-2H3/t11-,14-/m1/s1. The number of likely N-dealkylation sites (tertiary alicyclic amines) is 1. The van der Waals surface area contributed by atoms with Gasteiger partial charge in [-0.3, -0.25) is 9.48 Å². The highest BCUT2D eigenvalue weighted by molar-refractivity contribution is 5.98. The van der Waals surface area contributed by atoms with Crippen LogP contribution in [0.3, 0.4) is 0 Å². The Morgan fingerprint density at radius 3 is 2.44 bits per heavy atom. The summed E-state index contributed by atoms with van der Waals surface area (Å²) in [7, 11) is 1.50. The van der Waals surface area contributed by atoms with Gasteiger partial charge in [0.1, 0.15) is 6.61 Å². The van der Waals surface area contributed by atoms with Gasteiger partial charge in [0, 0.05) is 19.7 Å². The fraction of sp³-hybridized carbons (Fsp3) is 0.429. The number of aromatic nitrogens is 6. The molecule has 1 aliphatic heterocycles. The van der Waals surface area contributed by atoms with Crippen molar-refractivity contribution >= 4 is 5.91 Å². The molecule has 1 saturated heterocycles. The van der Waals surface area contributed by atoms with Crippen LogP contribution in [0, 0.1) is 11.7 Å². The molecule has 3 aromatic heterocycles. The van der Waals surface area contributed by atoms with E-state index >= 15 is 0 Å². The summed E-state index contributed by atoms with van der Waals surface area (Å²) in [4.78, 5) is 28.8. The molecular weight excluding hydrogens is 496 g/mol. The van der Waals surface area contributed by atoms with Crippen LogP contribution in [-0.4, -0.2) is 65.6 Å². The summed E-state index contributed by atoms with van der Waals surface area (Å²) in [6.07, 6.45) is -0.800. The summed E-state index contributed by atoms with van der Waals surface area (Å²) >= 11 is 0. The van der Waals surface area contributed by atoms with Crippen LogP contribution in [0.5, 0.6) is 5.88 Å². The van der Waals surface area contributed by atoms with Crippen molar-refractivity contribution in [3.8, 4) is 17.3 Å². The van der Waals surface area contributed by atoms with Crippen LogP contribution in [0.1, 0.15) is 29.5 Å². The zero-order valence-corrected chi connectivity index (χ0v) is 18.9. The number of carbonyl (C=O) groups excluding carboxylic acids is 1. The summed E-state index contributed by atoms with van der Waals surface area (Å²) in [5, 5.41) is 4.08. The van der Waals surface area contributed by atoms with Gasteiger partial charge >= 0.3 is 6.18 Å². The van der Waals surface area contributed by atoms with Gasteiger partial charge in [0.05, 0.1) is 42.9 Å². The van der Waals surface area contributed by atoms with Gasteiger partial charge in [-0.25, -0.2) is 33.1 Å². The van der Waals surface area contributed by atoms with E-state index in [0.717, 1.165) is 23.5 Å². The van der Waals surface area contributed by atoms with Crippen molar-refractivity contribution in [1.29, 1.82) is 0 Å². The highest BCUT2D eigenvalue weighted by Crippen LogP contribution is 2.36. The van der Waals surface area contributed by atoms with Gasteiger partial charge < -0.3 is 9.64 Å². The molecule has 36 heavy (non-hydrogen) atoms. The predicted molar refractivity (Wildman–Crippen MR) is 110 cm³/mol. The van der Waals surface area contributed by atoms with Gasteiger partial charge in [0.15, 0.2) is 23.0 Å². The first-order valence-corrected chi connectivity index (χ1v) is 10.6. The molecular formula is C21H19F6N7O2. The summed E-state index contributed by atoms with van der Waals surface area (Å²) in [5.41, 5.74) is -1.34. The number of ether oxygens (including phenoxy) is 1. The highest BCUT2D eigenvalue weighted by atomic mass is 19.4. The quantitative estimate of drug-likeness (QED) is 0.481. The third-order valence-corrected chi connectivity index (χ3v) is 5.55. The van der Waals surface area contributed by atoms with Crippen LogP contribution in [0.4, 0.5) is 26.3 Å². The first kappa shape index (κ1) is 25.3. The molecule has 192 valence electrons. The molecule has 9 nitrogen and oxygen atoms in total. The number of amides is 1. The largest absolute Gasteiger partial charge is 0.474 e. The van der Waals surface area contributed by atoms with E-state index in [1.54, 1.807) is 0 Å². The van der Waals surface area contributed by atoms with E-state index < -0.39 is 54.4 Å². The van der Waals surface area contributed by atoms with E-state index in [4.69, 9.17) is 4.74 Å². The highest BCUT2D eigenvalue weighted by Gasteiger charge is 2.47. The number of rotatable bonds is 5. The molecule has 0 aliphatic carbocycles. The molecule has 15 heteroatoms. The molecule has 4 heterocycles. The maximum Gasteiger partial charge on any atom is 0.434 e. The molecule has 2 atom stereocenters. The molecule has 0 aromatic carbocycles. The minimum Gasteiger partial charge on any atom is -0.474 e. The van der Waals surface area contributed by atoms with E-state index in [1.165, 1.54) is 24.9 Å². The number of hydrogen-bond acceptors (Lipinski definition) is 7. The molecule has 0 spiro atoms. The van der Waals surface area contributed by atoms with Crippen molar-refractivity contribution < 1.29 is 35.9 Å². The van der Waals surface area contributed by atoms with Gasteiger partial charge in [-0.15, -0.1) is 0 Å². The first-order chi connectivity index (χ1) is 16.8. The molecule has 1 amide bonds. The summed E-state index contributed by atoms with van der Waals surface area (Å²) in [6.45, 7) is 0.226. The topological polar surface area (TPSA) is 98.9 Å². The van der Waals surface area contributed by atoms with Gasteiger partial charge in [-0.2, -0.15) is 18.3 Å².